The number of hydrogen-bond donors (Lipinski definition) is 3. The Morgan fingerprint density at radius 3 is 2.38 bits per heavy atom. The highest BCUT2D eigenvalue weighted by molar-refractivity contribution is 7.89. The molecule has 0 aliphatic carbocycles. The molecule has 2 fully saturated rings. The molecule has 8 nitrogen and oxygen atoms in total. The smallest absolute Gasteiger partial charge is 0.313 e. The van der Waals surface area contributed by atoms with Crippen LogP contribution in [0.3, 0.4) is 0 Å². The number of sulfonamides is 1. The number of hydrogen-bond acceptors (Lipinski definition) is 5. The molecule has 3 heterocycles. The Hall–Kier alpha value is -1.45. The highest BCUT2D eigenvalue weighted by Crippen LogP contribution is 2.31. The van der Waals surface area contributed by atoms with E-state index in [-0.39, 0.29) is 6.04 Å². The van der Waals surface area contributed by atoms with Crippen LogP contribution in [0.25, 0.3) is 0 Å². The lowest BCUT2D eigenvalue weighted by atomic mass is 10.0. The fourth-order valence-corrected chi connectivity index (χ4v) is 4.63. The lowest BCUT2D eigenvalue weighted by Crippen LogP contribution is -2.49. The van der Waals surface area contributed by atoms with E-state index in [4.69, 9.17) is 0 Å². The summed E-state index contributed by atoms with van der Waals surface area (Å²) in [7, 11) is -2.42. The van der Waals surface area contributed by atoms with E-state index < -0.39 is 26.2 Å². The van der Waals surface area contributed by atoms with Crippen LogP contribution in [0, 0.1) is 0 Å². The second kappa shape index (κ2) is 5.08. The average Bonchev–Trinajstić information content (AvgIpc) is 2.76. The maximum atomic E-state index is 12.6. The van der Waals surface area contributed by atoms with Crippen LogP contribution in [-0.2, 0) is 10.0 Å². The zero-order valence-electron chi connectivity index (χ0n) is 11.6. The van der Waals surface area contributed by atoms with Crippen LogP contribution in [0.5, 0.6) is 0 Å². The van der Waals surface area contributed by atoms with Crippen LogP contribution >= 0.6 is 0 Å². The van der Waals surface area contributed by atoms with Crippen LogP contribution in [-0.4, -0.2) is 47.9 Å². The Morgan fingerprint density at radius 1 is 1.19 bits per heavy atom. The van der Waals surface area contributed by atoms with Crippen molar-refractivity contribution in [3.05, 3.63) is 27.0 Å². The van der Waals surface area contributed by atoms with Gasteiger partial charge in [-0.05, 0) is 25.7 Å². The van der Waals surface area contributed by atoms with Crippen LogP contribution in [0.2, 0.25) is 0 Å². The number of rotatable bonds is 3. The van der Waals surface area contributed by atoms with Gasteiger partial charge in [0.25, 0.3) is 5.56 Å². The Bertz CT molecular complexity index is 741. The van der Waals surface area contributed by atoms with E-state index >= 15 is 0 Å². The van der Waals surface area contributed by atoms with Crippen molar-refractivity contribution in [1.82, 2.24) is 19.6 Å². The van der Waals surface area contributed by atoms with Crippen LogP contribution in [0.4, 0.5) is 0 Å². The molecule has 0 aromatic carbocycles. The van der Waals surface area contributed by atoms with Crippen molar-refractivity contribution in [2.45, 2.75) is 48.7 Å². The van der Waals surface area contributed by atoms with E-state index in [2.05, 4.69) is 10.3 Å². The molecule has 1 aromatic rings. The normalized spacial score (nSPS) is 29.0. The molecule has 3 rings (SSSR count). The molecule has 0 amide bonds. The summed E-state index contributed by atoms with van der Waals surface area (Å²) in [6, 6.07) is 0.570. The molecule has 2 saturated heterocycles. The summed E-state index contributed by atoms with van der Waals surface area (Å²) < 4.78 is 26.4. The van der Waals surface area contributed by atoms with Gasteiger partial charge in [0.2, 0.25) is 10.0 Å². The molecular formula is C12H18N4O4S. The summed E-state index contributed by atoms with van der Waals surface area (Å²) in [6.07, 6.45) is 4.58. The summed E-state index contributed by atoms with van der Waals surface area (Å²) in [5, 5.41) is 3.45. The number of aromatic nitrogens is 2. The van der Waals surface area contributed by atoms with Crippen molar-refractivity contribution in [2.24, 2.45) is 0 Å². The van der Waals surface area contributed by atoms with Crippen LogP contribution in [0.15, 0.2) is 20.7 Å². The van der Waals surface area contributed by atoms with Gasteiger partial charge in [0.05, 0.1) is 0 Å². The zero-order chi connectivity index (χ0) is 15.2. The molecule has 2 atom stereocenters. The minimum Gasteiger partial charge on any atom is -0.313 e. The van der Waals surface area contributed by atoms with Gasteiger partial charge in [-0.25, -0.2) is 13.2 Å². The first-order chi connectivity index (χ1) is 9.88. The fraction of sp³-hybridized carbons (Fsp3) is 0.667. The predicted octanol–water partition coefficient (Wildman–Crippen LogP) is -1.03. The number of nitrogens with one attached hydrogen (secondary N) is 3. The average molecular weight is 314 g/mol. The molecule has 0 radical (unpaired) electrons. The van der Waals surface area contributed by atoms with Gasteiger partial charge in [-0.1, -0.05) is 0 Å². The molecule has 116 valence electrons. The number of piperidine rings is 1. The number of fused-ring (bicyclic) bond motifs is 2. The quantitative estimate of drug-likeness (QED) is 0.659. The van der Waals surface area contributed by atoms with Crippen molar-refractivity contribution >= 4 is 10.0 Å². The van der Waals surface area contributed by atoms with Gasteiger partial charge in [-0.3, -0.25) is 9.78 Å². The zero-order valence-corrected chi connectivity index (χ0v) is 12.4. The second-order valence-electron chi connectivity index (χ2n) is 5.72. The third kappa shape index (κ3) is 2.56. The number of nitrogens with zero attached hydrogens (tertiary/aromatic N) is 1. The molecule has 2 aliphatic rings. The molecule has 1 aromatic heterocycles. The Morgan fingerprint density at radius 2 is 1.81 bits per heavy atom. The van der Waals surface area contributed by atoms with Crippen molar-refractivity contribution < 1.29 is 8.42 Å². The van der Waals surface area contributed by atoms with Gasteiger partial charge in [0, 0.05) is 31.4 Å². The van der Waals surface area contributed by atoms with E-state index in [9.17, 15) is 18.0 Å². The molecule has 9 heteroatoms. The molecule has 0 spiro atoms. The summed E-state index contributed by atoms with van der Waals surface area (Å²) in [4.78, 5) is 26.5. The SMILES string of the molecule is CN(C1CC2CCC(C1)N2)S(=O)(=O)c1c[nH]c(=O)[nH]c1=O. The van der Waals surface area contributed by atoms with Gasteiger partial charge in [-0.2, -0.15) is 4.31 Å². The lowest BCUT2D eigenvalue weighted by molar-refractivity contribution is 0.251. The highest BCUT2D eigenvalue weighted by atomic mass is 32.2. The van der Waals surface area contributed by atoms with E-state index in [0.29, 0.717) is 12.1 Å². The third-order valence-electron chi connectivity index (χ3n) is 4.40. The molecular weight excluding hydrogens is 296 g/mol. The van der Waals surface area contributed by atoms with Gasteiger partial charge < -0.3 is 10.3 Å². The second-order valence-corrected chi connectivity index (χ2v) is 7.69. The molecule has 0 saturated carbocycles. The molecule has 2 aliphatic heterocycles. The summed E-state index contributed by atoms with van der Waals surface area (Å²) in [6.45, 7) is 0. The van der Waals surface area contributed by atoms with Gasteiger partial charge in [-0.15, -0.1) is 0 Å². The van der Waals surface area contributed by atoms with Gasteiger partial charge in [0.1, 0.15) is 0 Å². The van der Waals surface area contributed by atoms with E-state index in [1.807, 2.05) is 4.98 Å². The highest BCUT2D eigenvalue weighted by Gasteiger charge is 2.39. The molecule has 3 N–H and O–H groups in total. The molecule has 2 unspecified atom stereocenters. The fourth-order valence-electron chi connectivity index (χ4n) is 3.26. The van der Waals surface area contributed by atoms with Crippen molar-refractivity contribution in [3.8, 4) is 0 Å². The Kier molecular flexibility index (Phi) is 3.50. The maximum Gasteiger partial charge on any atom is 0.325 e. The summed E-state index contributed by atoms with van der Waals surface area (Å²) in [5.74, 6) is 0. The van der Waals surface area contributed by atoms with E-state index in [1.165, 1.54) is 11.4 Å². The topological polar surface area (TPSA) is 115 Å². The maximum absolute atomic E-state index is 12.6. The standard InChI is InChI=1S/C12H18N4O4S/c1-16(9-4-7-2-3-8(5-9)14-7)21(19,20)10-6-13-12(18)15-11(10)17/h6-9,14H,2-5H2,1H3,(H2,13,15,17,18). The van der Waals surface area contributed by atoms with Gasteiger partial charge in [0.15, 0.2) is 4.90 Å². The number of aromatic amines is 2. The Balaban J connectivity index is 1.90. The third-order valence-corrected chi connectivity index (χ3v) is 6.32. The van der Waals surface area contributed by atoms with Gasteiger partial charge >= 0.3 is 5.69 Å². The first kappa shape index (κ1) is 14.5. The Labute approximate surface area is 121 Å². The molecule has 21 heavy (non-hydrogen) atoms. The lowest BCUT2D eigenvalue weighted by Gasteiger charge is -2.34. The van der Waals surface area contributed by atoms with E-state index in [0.717, 1.165) is 31.9 Å². The predicted molar refractivity (Wildman–Crippen MR) is 75.6 cm³/mol. The first-order valence-electron chi connectivity index (χ1n) is 6.94. The van der Waals surface area contributed by atoms with Crippen molar-refractivity contribution in [1.29, 1.82) is 0 Å². The monoisotopic (exact) mass is 314 g/mol. The molecule has 2 bridgehead atoms. The summed E-state index contributed by atoms with van der Waals surface area (Å²) >= 11 is 0. The van der Waals surface area contributed by atoms with E-state index in [1.54, 1.807) is 0 Å². The van der Waals surface area contributed by atoms with Crippen molar-refractivity contribution in [3.63, 3.8) is 0 Å². The van der Waals surface area contributed by atoms with Crippen LogP contribution < -0.4 is 16.6 Å². The number of H-pyrrole nitrogens is 2. The minimum absolute atomic E-state index is 0.125. The largest absolute Gasteiger partial charge is 0.325 e. The van der Waals surface area contributed by atoms with Crippen molar-refractivity contribution in [2.75, 3.05) is 7.05 Å². The minimum atomic E-state index is -3.91. The van der Waals surface area contributed by atoms with Crippen LogP contribution in [0.1, 0.15) is 25.7 Å². The summed E-state index contributed by atoms with van der Waals surface area (Å²) in [5.41, 5.74) is -1.61. The first-order valence-corrected chi connectivity index (χ1v) is 8.38.